The minimum absolute atomic E-state index is 0.0553. The van der Waals surface area contributed by atoms with Crippen molar-refractivity contribution in [2.24, 2.45) is 0 Å². The van der Waals surface area contributed by atoms with E-state index < -0.39 is 5.82 Å². The van der Waals surface area contributed by atoms with Crippen LogP contribution in [0.3, 0.4) is 0 Å². The van der Waals surface area contributed by atoms with Gasteiger partial charge in [-0.25, -0.2) is 4.39 Å². The Labute approximate surface area is 107 Å². The fourth-order valence-electron chi connectivity index (χ4n) is 2.11. The fraction of sp³-hybridized carbons (Fsp3) is 0.417. The first-order valence-electron chi connectivity index (χ1n) is 5.50. The molecular weight excluding hydrogens is 289 g/mol. The summed E-state index contributed by atoms with van der Waals surface area (Å²) in [5, 5.41) is 9.16. The molecule has 1 aromatic carbocycles. The highest BCUT2D eigenvalue weighted by molar-refractivity contribution is 9.10. The molecule has 0 spiro atoms. The lowest BCUT2D eigenvalue weighted by molar-refractivity contribution is 0.0673. The summed E-state index contributed by atoms with van der Waals surface area (Å²) in [5.41, 5.74) is 0.0553. The number of carbonyl (C=O) groups is 1. The minimum atomic E-state index is -0.526. The van der Waals surface area contributed by atoms with E-state index in [-0.39, 0.29) is 24.1 Å². The summed E-state index contributed by atoms with van der Waals surface area (Å²) in [6.07, 6.45) is 1.63. The lowest BCUT2D eigenvalue weighted by atomic mass is 10.1. The van der Waals surface area contributed by atoms with Gasteiger partial charge in [0, 0.05) is 11.0 Å². The number of benzene rings is 1. The van der Waals surface area contributed by atoms with Gasteiger partial charge < -0.3 is 10.0 Å². The Morgan fingerprint density at radius 2 is 2.35 bits per heavy atom. The first-order chi connectivity index (χ1) is 8.13. The third-order valence-corrected chi connectivity index (χ3v) is 3.50. The Morgan fingerprint density at radius 3 is 3.06 bits per heavy atom. The van der Waals surface area contributed by atoms with Crippen LogP contribution in [0.4, 0.5) is 4.39 Å². The van der Waals surface area contributed by atoms with Gasteiger partial charge in [0.1, 0.15) is 5.82 Å². The molecule has 1 saturated heterocycles. The number of aliphatic hydroxyl groups excluding tert-OH is 1. The monoisotopic (exact) mass is 301 g/mol. The van der Waals surface area contributed by atoms with Gasteiger partial charge in [0.2, 0.25) is 0 Å². The molecule has 0 aromatic heterocycles. The number of nitrogens with zero attached hydrogens (tertiary/aromatic N) is 1. The molecule has 1 N–H and O–H groups in total. The normalized spacial score (nSPS) is 19.7. The van der Waals surface area contributed by atoms with Crippen LogP contribution in [0, 0.1) is 5.82 Å². The number of rotatable bonds is 2. The van der Waals surface area contributed by atoms with Crippen molar-refractivity contribution in [2.75, 3.05) is 13.2 Å². The zero-order valence-electron chi connectivity index (χ0n) is 9.20. The molecule has 3 nitrogen and oxygen atoms in total. The van der Waals surface area contributed by atoms with Crippen LogP contribution in [-0.2, 0) is 0 Å². The van der Waals surface area contributed by atoms with Crippen LogP contribution in [0.5, 0.6) is 0 Å². The van der Waals surface area contributed by atoms with E-state index in [1.165, 1.54) is 12.1 Å². The predicted octanol–water partition coefficient (Wildman–Crippen LogP) is 2.19. The topological polar surface area (TPSA) is 40.5 Å². The average Bonchev–Trinajstić information content (AvgIpc) is 2.79. The van der Waals surface area contributed by atoms with Gasteiger partial charge in [-0.15, -0.1) is 0 Å². The summed E-state index contributed by atoms with van der Waals surface area (Å²) in [6.45, 7) is 0.511. The molecule has 1 aliphatic rings. The molecule has 1 heterocycles. The van der Waals surface area contributed by atoms with Crippen LogP contribution in [0.1, 0.15) is 23.2 Å². The molecule has 0 saturated carbocycles. The Bertz CT molecular complexity index is 439. The SMILES string of the molecule is O=C(c1cc(Br)ccc1F)N1CCC[C@H]1CO. The van der Waals surface area contributed by atoms with E-state index in [1.807, 2.05) is 0 Å². The Balaban J connectivity index is 2.27. The summed E-state index contributed by atoms with van der Waals surface area (Å²) in [7, 11) is 0. The third-order valence-electron chi connectivity index (χ3n) is 3.01. The van der Waals surface area contributed by atoms with Crippen molar-refractivity contribution in [2.45, 2.75) is 18.9 Å². The van der Waals surface area contributed by atoms with E-state index in [0.717, 1.165) is 12.8 Å². The van der Waals surface area contributed by atoms with E-state index in [1.54, 1.807) is 11.0 Å². The number of likely N-dealkylation sites (tertiary alicyclic amines) is 1. The van der Waals surface area contributed by atoms with Gasteiger partial charge in [0.15, 0.2) is 0 Å². The smallest absolute Gasteiger partial charge is 0.257 e. The molecule has 17 heavy (non-hydrogen) atoms. The Kier molecular flexibility index (Phi) is 3.79. The van der Waals surface area contributed by atoms with Crippen molar-refractivity contribution in [1.29, 1.82) is 0 Å². The standard InChI is InChI=1S/C12H13BrFNO2/c13-8-3-4-11(14)10(6-8)12(17)15-5-1-2-9(15)7-16/h3-4,6,9,16H,1-2,5,7H2/t9-/m0/s1. The first-order valence-corrected chi connectivity index (χ1v) is 6.29. The predicted molar refractivity (Wildman–Crippen MR) is 65.2 cm³/mol. The minimum Gasteiger partial charge on any atom is -0.394 e. The fourth-order valence-corrected chi connectivity index (χ4v) is 2.47. The van der Waals surface area contributed by atoms with Gasteiger partial charge in [-0.2, -0.15) is 0 Å². The van der Waals surface area contributed by atoms with Crippen LogP contribution >= 0.6 is 15.9 Å². The van der Waals surface area contributed by atoms with Crippen molar-refractivity contribution in [3.05, 3.63) is 34.1 Å². The van der Waals surface area contributed by atoms with E-state index >= 15 is 0 Å². The van der Waals surface area contributed by atoms with E-state index in [0.29, 0.717) is 11.0 Å². The molecule has 0 radical (unpaired) electrons. The van der Waals surface area contributed by atoms with Crippen molar-refractivity contribution < 1.29 is 14.3 Å². The average molecular weight is 302 g/mol. The van der Waals surface area contributed by atoms with Gasteiger partial charge in [-0.3, -0.25) is 4.79 Å². The number of hydrogen-bond acceptors (Lipinski definition) is 2. The molecule has 1 atom stereocenters. The van der Waals surface area contributed by atoms with Gasteiger partial charge >= 0.3 is 0 Å². The van der Waals surface area contributed by atoms with Crippen LogP contribution in [-0.4, -0.2) is 35.1 Å². The second-order valence-electron chi connectivity index (χ2n) is 4.10. The van der Waals surface area contributed by atoms with Crippen LogP contribution in [0.15, 0.2) is 22.7 Å². The number of carbonyl (C=O) groups excluding carboxylic acids is 1. The van der Waals surface area contributed by atoms with E-state index in [2.05, 4.69) is 15.9 Å². The molecule has 1 aromatic rings. The van der Waals surface area contributed by atoms with Crippen molar-refractivity contribution in [1.82, 2.24) is 4.90 Å². The Morgan fingerprint density at radius 1 is 1.59 bits per heavy atom. The van der Waals surface area contributed by atoms with Crippen LogP contribution in [0.25, 0.3) is 0 Å². The zero-order valence-corrected chi connectivity index (χ0v) is 10.8. The third kappa shape index (κ3) is 2.50. The number of halogens is 2. The maximum atomic E-state index is 13.6. The van der Waals surface area contributed by atoms with Crippen LogP contribution in [0.2, 0.25) is 0 Å². The largest absolute Gasteiger partial charge is 0.394 e. The Hall–Kier alpha value is -0.940. The molecule has 1 amide bonds. The lowest BCUT2D eigenvalue weighted by Gasteiger charge is -2.23. The maximum absolute atomic E-state index is 13.6. The number of hydrogen-bond donors (Lipinski definition) is 1. The van der Waals surface area contributed by atoms with Gasteiger partial charge in [-0.1, -0.05) is 15.9 Å². The molecule has 5 heteroatoms. The van der Waals surface area contributed by atoms with Crippen molar-refractivity contribution >= 4 is 21.8 Å². The summed E-state index contributed by atoms with van der Waals surface area (Å²) >= 11 is 3.22. The molecule has 92 valence electrons. The highest BCUT2D eigenvalue weighted by Crippen LogP contribution is 2.23. The summed E-state index contributed by atoms with van der Waals surface area (Å²) in [5.74, 6) is -0.873. The van der Waals surface area contributed by atoms with Crippen LogP contribution < -0.4 is 0 Å². The molecule has 2 rings (SSSR count). The van der Waals surface area contributed by atoms with Gasteiger partial charge in [0.25, 0.3) is 5.91 Å². The van der Waals surface area contributed by atoms with E-state index in [9.17, 15) is 9.18 Å². The van der Waals surface area contributed by atoms with Gasteiger partial charge in [-0.05, 0) is 31.0 Å². The highest BCUT2D eigenvalue weighted by Gasteiger charge is 2.30. The highest BCUT2D eigenvalue weighted by atomic mass is 79.9. The summed E-state index contributed by atoms with van der Waals surface area (Å²) in [6, 6.07) is 4.12. The maximum Gasteiger partial charge on any atom is 0.257 e. The van der Waals surface area contributed by atoms with Crippen molar-refractivity contribution in [3.63, 3.8) is 0 Å². The summed E-state index contributed by atoms with van der Waals surface area (Å²) in [4.78, 5) is 13.7. The lowest BCUT2D eigenvalue weighted by Crippen LogP contribution is -2.38. The summed E-state index contributed by atoms with van der Waals surface area (Å²) < 4.78 is 14.2. The van der Waals surface area contributed by atoms with Crippen molar-refractivity contribution in [3.8, 4) is 0 Å². The quantitative estimate of drug-likeness (QED) is 0.910. The zero-order chi connectivity index (χ0) is 12.4. The molecule has 0 aliphatic carbocycles. The second-order valence-corrected chi connectivity index (χ2v) is 5.02. The molecule has 0 unspecified atom stereocenters. The second kappa shape index (κ2) is 5.14. The molecule has 1 fully saturated rings. The first kappa shape index (κ1) is 12.5. The molecule has 1 aliphatic heterocycles. The number of amides is 1. The number of aliphatic hydroxyl groups is 1. The van der Waals surface area contributed by atoms with Gasteiger partial charge in [0.05, 0.1) is 18.2 Å². The molecular formula is C12H13BrFNO2. The van der Waals surface area contributed by atoms with E-state index in [4.69, 9.17) is 5.11 Å². The molecule has 0 bridgehead atoms.